The SMILES string of the molecule is COc1cc(OC)cc(C(=O)N=Nc2cc(NS(=O)(=O)c3ccc(C)cc3)c3c(c2O)CC=CC3)c1. The molecule has 0 heterocycles. The molecule has 36 heavy (non-hydrogen) atoms. The molecule has 0 fully saturated rings. The first-order chi connectivity index (χ1) is 17.2. The van der Waals surface area contributed by atoms with E-state index in [9.17, 15) is 18.3 Å². The van der Waals surface area contributed by atoms with Gasteiger partial charge in [-0.05, 0) is 55.7 Å². The Morgan fingerprint density at radius 2 is 1.56 bits per heavy atom. The number of phenols is 1. The van der Waals surface area contributed by atoms with Gasteiger partial charge in [0.25, 0.3) is 15.9 Å². The third kappa shape index (κ3) is 5.23. The number of azo groups is 1. The molecule has 1 aliphatic carbocycles. The summed E-state index contributed by atoms with van der Waals surface area (Å²) in [7, 11) is -0.982. The van der Waals surface area contributed by atoms with Crippen molar-refractivity contribution in [1.82, 2.24) is 0 Å². The van der Waals surface area contributed by atoms with Crippen LogP contribution in [0.25, 0.3) is 0 Å². The molecule has 4 rings (SSSR count). The summed E-state index contributed by atoms with van der Waals surface area (Å²) in [6.07, 6.45) is 4.57. The Balaban J connectivity index is 1.71. The molecule has 10 heteroatoms. The van der Waals surface area contributed by atoms with Gasteiger partial charge in [-0.15, -0.1) is 10.2 Å². The molecule has 0 saturated heterocycles. The fraction of sp³-hybridized carbons (Fsp3) is 0.192. The van der Waals surface area contributed by atoms with Crippen molar-refractivity contribution in [2.24, 2.45) is 10.2 Å². The number of anilines is 1. The van der Waals surface area contributed by atoms with Gasteiger partial charge in [0.05, 0.1) is 30.4 Å². The van der Waals surface area contributed by atoms with Gasteiger partial charge in [-0.25, -0.2) is 8.42 Å². The lowest BCUT2D eigenvalue weighted by molar-refractivity contribution is 0.0994. The van der Waals surface area contributed by atoms with Crippen molar-refractivity contribution in [2.45, 2.75) is 24.7 Å². The molecule has 1 amide bonds. The van der Waals surface area contributed by atoms with Gasteiger partial charge in [-0.1, -0.05) is 29.8 Å². The van der Waals surface area contributed by atoms with E-state index in [0.717, 1.165) is 5.56 Å². The number of ether oxygens (including phenoxy) is 2. The standard InChI is InChI=1S/C26H25N3O6S/c1-16-8-10-20(11-9-16)36(32,33)29-23-15-24(25(30)22-7-5-4-6-21(22)23)27-28-26(31)17-12-18(34-2)14-19(13-17)35-3/h4-5,8-15,29-30H,6-7H2,1-3H3. The molecule has 0 spiro atoms. The van der Waals surface area contributed by atoms with Crippen LogP contribution in [0.2, 0.25) is 0 Å². The first kappa shape index (κ1) is 24.9. The summed E-state index contributed by atoms with van der Waals surface area (Å²) >= 11 is 0. The van der Waals surface area contributed by atoms with E-state index in [0.29, 0.717) is 35.5 Å². The third-order valence-electron chi connectivity index (χ3n) is 5.73. The summed E-state index contributed by atoms with van der Waals surface area (Å²) in [4.78, 5) is 12.8. The lowest BCUT2D eigenvalue weighted by atomic mass is 9.93. The number of carbonyl (C=O) groups excluding carboxylic acids is 1. The van der Waals surface area contributed by atoms with Crippen LogP contribution >= 0.6 is 0 Å². The monoisotopic (exact) mass is 507 g/mol. The van der Waals surface area contributed by atoms with Gasteiger partial charge in [-0.3, -0.25) is 9.52 Å². The number of fused-ring (bicyclic) bond motifs is 1. The molecule has 9 nitrogen and oxygen atoms in total. The summed E-state index contributed by atoms with van der Waals surface area (Å²) in [6, 6.07) is 12.4. The minimum Gasteiger partial charge on any atom is -0.505 e. The molecule has 0 radical (unpaired) electrons. The van der Waals surface area contributed by atoms with Crippen LogP contribution in [0.1, 0.15) is 27.0 Å². The van der Waals surface area contributed by atoms with E-state index < -0.39 is 15.9 Å². The van der Waals surface area contributed by atoms with E-state index in [1.54, 1.807) is 18.2 Å². The number of phenolic OH excluding ortho intramolecular Hbond substituents is 1. The lowest BCUT2D eigenvalue weighted by Gasteiger charge is -2.20. The molecule has 186 valence electrons. The summed E-state index contributed by atoms with van der Waals surface area (Å²) < 4.78 is 39.1. The van der Waals surface area contributed by atoms with Gasteiger partial charge < -0.3 is 14.6 Å². The van der Waals surface area contributed by atoms with Crippen molar-refractivity contribution in [1.29, 1.82) is 0 Å². The van der Waals surface area contributed by atoms with Crippen LogP contribution in [0.4, 0.5) is 11.4 Å². The molecule has 0 unspecified atom stereocenters. The fourth-order valence-corrected chi connectivity index (χ4v) is 4.87. The molecule has 0 saturated carbocycles. The number of benzene rings is 3. The number of nitrogens with zero attached hydrogens (tertiary/aromatic N) is 2. The van der Waals surface area contributed by atoms with Gasteiger partial charge in [0, 0.05) is 11.6 Å². The minimum absolute atomic E-state index is 0.0335. The largest absolute Gasteiger partial charge is 0.505 e. The topological polar surface area (TPSA) is 127 Å². The zero-order valence-corrected chi connectivity index (χ0v) is 20.8. The highest BCUT2D eigenvalue weighted by atomic mass is 32.2. The Kier molecular flexibility index (Phi) is 7.07. The fourth-order valence-electron chi connectivity index (χ4n) is 3.78. The number of aromatic hydroxyl groups is 1. The van der Waals surface area contributed by atoms with Gasteiger partial charge >= 0.3 is 0 Å². The summed E-state index contributed by atoms with van der Waals surface area (Å²) in [5.74, 6) is -0.0355. The number of hydrogen-bond acceptors (Lipinski definition) is 7. The van der Waals surface area contributed by atoms with Crippen molar-refractivity contribution >= 4 is 27.3 Å². The normalized spacial score (nSPS) is 12.9. The number of sulfonamides is 1. The second-order valence-corrected chi connectivity index (χ2v) is 9.84. The van der Waals surface area contributed by atoms with E-state index in [4.69, 9.17) is 9.47 Å². The average Bonchev–Trinajstić information content (AvgIpc) is 2.89. The molecule has 3 aromatic rings. The Labute approximate surface area is 209 Å². The van der Waals surface area contributed by atoms with Crippen molar-refractivity contribution < 1.29 is 27.8 Å². The number of hydrogen-bond donors (Lipinski definition) is 2. The van der Waals surface area contributed by atoms with Crippen molar-refractivity contribution in [3.8, 4) is 17.2 Å². The average molecular weight is 508 g/mol. The van der Waals surface area contributed by atoms with Crippen LogP contribution in [-0.2, 0) is 22.9 Å². The lowest BCUT2D eigenvalue weighted by Crippen LogP contribution is -2.15. The molecule has 0 atom stereocenters. The molecular weight excluding hydrogens is 482 g/mol. The number of methoxy groups -OCH3 is 2. The third-order valence-corrected chi connectivity index (χ3v) is 7.11. The Bertz CT molecular complexity index is 1460. The molecule has 0 aliphatic heterocycles. The Morgan fingerprint density at radius 3 is 2.17 bits per heavy atom. The molecular formula is C26H25N3O6S. The predicted molar refractivity (Wildman–Crippen MR) is 135 cm³/mol. The first-order valence-corrected chi connectivity index (χ1v) is 12.5. The Hall–Kier alpha value is -4.18. The van der Waals surface area contributed by atoms with Gasteiger partial charge in [0.15, 0.2) is 0 Å². The highest BCUT2D eigenvalue weighted by molar-refractivity contribution is 7.92. The van der Waals surface area contributed by atoms with Crippen molar-refractivity contribution in [3.63, 3.8) is 0 Å². The van der Waals surface area contributed by atoms with Gasteiger partial charge in [0.1, 0.15) is 22.9 Å². The number of aryl methyl sites for hydroxylation is 1. The zero-order valence-electron chi connectivity index (χ0n) is 20.0. The maximum atomic E-state index is 13.0. The van der Waals surface area contributed by atoms with Crippen LogP contribution < -0.4 is 14.2 Å². The van der Waals surface area contributed by atoms with E-state index >= 15 is 0 Å². The second kappa shape index (κ2) is 10.2. The maximum Gasteiger partial charge on any atom is 0.295 e. The molecule has 0 aromatic heterocycles. The zero-order chi connectivity index (χ0) is 25.9. The van der Waals surface area contributed by atoms with Crippen LogP contribution in [0.3, 0.4) is 0 Å². The Morgan fingerprint density at radius 1 is 0.944 bits per heavy atom. The van der Waals surface area contributed by atoms with Crippen molar-refractivity contribution in [3.05, 3.63) is 82.9 Å². The molecule has 1 aliphatic rings. The maximum absolute atomic E-state index is 13.0. The van der Waals surface area contributed by atoms with E-state index in [1.165, 1.54) is 44.6 Å². The van der Waals surface area contributed by atoms with Crippen molar-refractivity contribution in [2.75, 3.05) is 18.9 Å². The molecule has 3 aromatic carbocycles. The predicted octanol–water partition coefficient (Wildman–Crippen LogP) is 5.10. The number of nitrogens with one attached hydrogen (secondary N) is 1. The summed E-state index contributed by atoms with van der Waals surface area (Å²) in [6.45, 7) is 1.87. The van der Waals surface area contributed by atoms with Gasteiger partial charge in [0.2, 0.25) is 0 Å². The quantitative estimate of drug-likeness (QED) is 0.260. The number of amides is 1. The van der Waals surface area contributed by atoms with E-state index in [1.807, 2.05) is 19.1 Å². The molecule has 2 N–H and O–H groups in total. The van der Waals surface area contributed by atoms with Crippen LogP contribution in [0, 0.1) is 6.92 Å². The number of carbonyl (C=O) groups is 1. The van der Waals surface area contributed by atoms with E-state index in [2.05, 4.69) is 15.0 Å². The smallest absolute Gasteiger partial charge is 0.295 e. The minimum atomic E-state index is -3.91. The van der Waals surface area contributed by atoms with Crippen LogP contribution in [0.5, 0.6) is 17.2 Å². The summed E-state index contributed by atoms with van der Waals surface area (Å²) in [5.41, 5.74) is 2.49. The van der Waals surface area contributed by atoms with Crippen LogP contribution in [-0.4, -0.2) is 33.7 Å². The second-order valence-electron chi connectivity index (χ2n) is 8.15. The number of allylic oxidation sites excluding steroid dienone is 2. The van der Waals surface area contributed by atoms with Crippen LogP contribution in [0.15, 0.2) is 75.8 Å². The van der Waals surface area contributed by atoms with Gasteiger partial charge in [-0.2, -0.15) is 0 Å². The number of rotatable bonds is 7. The van der Waals surface area contributed by atoms with E-state index in [-0.39, 0.29) is 27.6 Å². The highest BCUT2D eigenvalue weighted by Gasteiger charge is 2.23. The molecule has 0 bridgehead atoms. The highest BCUT2D eigenvalue weighted by Crippen LogP contribution is 2.41. The first-order valence-electron chi connectivity index (χ1n) is 11.0. The summed E-state index contributed by atoms with van der Waals surface area (Å²) in [5, 5.41) is 18.5.